The smallest absolute Gasteiger partial charge is 0.251 e. The van der Waals surface area contributed by atoms with Gasteiger partial charge in [0.05, 0.1) is 0 Å². The van der Waals surface area contributed by atoms with Crippen LogP contribution in [0.25, 0.3) is 0 Å². The Labute approximate surface area is 64.7 Å². The Morgan fingerprint density at radius 2 is 2.18 bits per heavy atom. The molecular formula is C8H11NO2. The molecule has 0 atom stereocenters. The minimum absolute atomic E-state index is 0.105. The van der Waals surface area contributed by atoms with Crippen LogP contribution >= 0.6 is 0 Å². The van der Waals surface area contributed by atoms with Crippen molar-refractivity contribution < 1.29 is 5.11 Å². The molecule has 0 unspecified atom stereocenters. The molecular weight excluding hydrogens is 142 g/mol. The topological polar surface area (TPSA) is 53.1 Å². The van der Waals surface area contributed by atoms with Gasteiger partial charge < -0.3 is 10.1 Å². The van der Waals surface area contributed by atoms with Crippen LogP contribution in [0.3, 0.4) is 0 Å². The van der Waals surface area contributed by atoms with Gasteiger partial charge >= 0.3 is 0 Å². The molecule has 0 saturated carbocycles. The molecule has 1 aromatic heterocycles. The Hall–Kier alpha value is -1.25. The van der Waals surface area contributed by atoms with E-state index in [4.69, 9.17) is 5.11 Å². The molecule has 0 aliphatic carbocycles. The van der Waals surface area contributed by atoms with E-state index in [-0.39, 0.29) is 17.2 Å². The number of nitrogens with one attached hydrogen (secondary N) is 1. The maximum absolute atomic E-state index is 11.0. The van der Waals surface area contributed by atoms with Crippen LogP contribution in [0.4, 0.5) is 0 Å². The Balaban J connectivity index is 3.24. The number of hydrogen-bond acceptors (Lipinski definition) is 2. The van der Waals surface area contributed by atoms with Crippen molar-refractivity contribution in [2.75, 3.05) is 0 Å². The van der Waals surface area contributed by atoms with Gasteiger partial charge in [0.2, 0.25) is 0 Å². The number of aromatic hydroxyl groups is 1. The Morgan fingerprint density at radius 3 is 2.64 bits per heavy atom. The van der Waals surface area contributed by atoms with Gasteiger partial charge in [0.25, 0.3) is 5.56 Å². The first-order valence-corrected chi connectivity index (χ1v) is 3.53. The standard InChI is InChI=1S/C8H11NO2/c1-5(2)7-3-6(10)4-9-8(7)11/h3-5,10H,1-2H3,(H,9,11). The van der Waals surface area contributed by atoms with Crippen molar-refractivity contribution in [2.24, 2.45) is 0 Å². The van der Waals surface area contributed by atoms with Crippen LogP contribution in [0.15, 0.2) is 17.1 Å². The molecule has 0 amide bonds. The van der Waals surface area contributed by atoms with E-state index in [0.717, 1.165) is 0 Å². The fourth-order valence-corrected chi connectivity index (χ4v) is 0.918. The number of H-pyrrole nitrogens is 1. The zero-order valence-electron chi connectivity index (χ0n) is 6.59. The molecule has 0 fully saturated rings. The average Bonchev–Trinajstić information content (AvgIpc) is 1.94. The molecule has 0 bridgehead atoms. The average molecular weight is 153 g/mol. The summed E-state index contributed by atoms with van der Waals surface area (Å²) < 4.78 is 0. The first-order valence-electron chi connectivity index (χ1n) is 3.53. The summed E-state index contributed by atoms with van der Waals surface area (Å²) in [5.41, 5.74) is 0.489. The highest BCUT2D eigenvalue weighted by atomic mass is 16.3. The second-order valence-corrected chi connectivity index (χ2v) is 2.80. The number of rotatable bonds is 1. The van der Waals surface area contributed by atoms with Gasteiger partial charge in [-0.25, -0.2) is 0 Å². The summed E-state index contributed by atoms with van der Waals surface area (Å²) in [4.78, 5) is 13.5. The number of hydrogen-bond donors (Lipinski definition) is 2. The maximum Gasteiger partial charge on any atom is 0.251 e. The summed E-state index contributed by atoms with van der Waals surface area (Å²) in [7, 11) is 0. The fraction of sp³-hybridized carbons (Fsp3) is 0.375. The lowest BCUT2D eigenvalue weighted by Gasteiger charge is -2.02. The van der Waals surface area contributed by atoms with Crippen LogP contribution in [0, 0.1) is 0 Å². The highest BCUT2D eigenvalue weighted by Gasteiger charge is 2.04. The zero-order valence-corrected chi connectivity index (χ0v) is 6.59. The van der Waals surface area contributed by atoms with Crippen LogP contribution in [-0.4, -0.2) is 10.1 Å². The van der Waals surface area contributed by atoms with E-state index in [9.17, 15) is 4.79 Å². The Kier molecular flexibility index (Phi) is 1.98. The first-order chi connectivity index (χ1) is 5.11. The van der Waals surface area contributed by atoms with E-state index in [2.05, 4.69) is 4.98 Å². The van der Waals surface area contributed by atoms with Crippen molar-refractivity contribution in [1.29, 1.82) is 0 Å². The highest BCUT2D eigenvalue weighted by molar-refractivity contribution is 5.24. The molecule has 1 rings (SSSR count). The summed E-state index contributed by atoms with van der Waals surface area (Å²) in [6, 6.07) is 1.49. The minimum atomic E-state index is -0.127. The van der Waals surface area contributed by atoms with E-state index in [1.165, 1.54) is 12.3 Å². The summed E-state index contributed by atoms with van der Waals surface area (Å²) in [6.45, 7) is 3.81. The van der Waals surface area contributed by atoms with Crippen LogP contribution in [0.2, 0.25) is 0 Å². The third-order valence-electron chi connectivity index (χ3n) is 1.54. The number of aromatic amines is 1. The second kappa shape index (κ2) is 2.78. The Bertz CT molecular complexity index is 301. The zero-order chi connectivity index (χ0) is 8.43. The molecule has 3 heteroatoms. The lowest BCUT2D eigenvalue weighted by Crippen LogP contribution is -2.12. The molecule has 0 aliphatic heterocycles. The predicted molar refractivity (Wildman–Crippen MR) is 42.8 cm³/mol. The van der Waals surface area contributed by atoms with Gasteiger partial charge in [-0.3, -0.25) is 4.79 Å². The largest absolute Gasteiger partial charge is 0.506 e. The van der Waals surface area contributed by atoms with Gasteiger partial charge in [-0.1, -0.05) is 13.8 Å². The Morgan fingerprint density at radius 1 is 1.55 bits per heavy atom. The molecule has 60 valence electrons. The third kappa shape index (κ3) is 1.61. The van der Waals surface area contributed by atoms with Crippen molar-refractivity contribution in [3.63, 3.8) is 0 Å². The molecule has 0 aromatic carbocycles. The van der Waals surface area contributed by atoms with Gasteiger partial charge in [0.15, 0.2) is 0 Å². The molecule has 0 saturated heterocycles. The quantitative estimate of drug-likeness (QED) is 0.637. The highest BCUT2D eigenvalue weighted by Crippen LogP contribution is 2.13. The van der Waals surface area contributed by atoms with E-state index < -0.39 is 0 Å². The SMILES string of the molecule is CC(C)c1cc(O)c[nH]c1=O. The van der Waals surface area contributed by atoms with Crippen molar-refractivity contribution >= 4 is 0 Å². The van der Waals surface area contributed by atoms with Crippen molar-refractivity contribution in [2.45, 2.75) is 19.8 Å². The molecule has 0 spiro atoms. The van der Waals surface area contributed by atoms with Crippen LogP contribution in [0.1, 0.15) is 25.3 Å². The molecule has 1 heterocycles. The lowest BCUT2D eigenvalue weighted by atomic mass is 10.1. The first kappa shape index (κ1) is 7.85. The van der Waals surface area contributed by atoms with Crippen LogP contribution < -0.4 is 5.56 Å². The number of aromatic nitrogens is 1. The van der Waals surface area contributed by atoms with Gasteiger partial charge in [0, 0.05) is 11.8 Å². The van der Waals surface area contributed by atoms with Gasteiger partial charge in [0.1, 0.15) is 5.75 Å². The van der Waals surface area contributed by atoms with Crippen molar-refractivity contribution in [1.82, 2.24) is 4.98 Å². The van der Waals surface area contributed by atoms with Gasteiger partial charge in [-0.2, -0.15) is 0 Å². The molecule has 2 N–H and O–H groups in total. The van der Waals surface area contributed by atoms with E-state index in [1.807, 2.05) is 13.8 Å². The monoisotopic (exact) mass is 153 g/mol. The predicted octanol–water partition coefficient (Wildman–Crippen LogP) is 1.20. The molecule has 0 radical (unpaired) electrons. The van der Waals surface area contributed by atoms with Gasteiger partial charge in [-0.05, 0) is 12.0 Å². The lowest BCUT2D eigenvalue weighted by molar-refractivity contribution is 0.470. The van der Waals surface area contributed by atoms with E-state index in [0.29, 0.717) is 5.56 Å². The van der Waals surface area contributed by atoms with Crippen LogP contribution in [-0.2, 0) is 0 Å². The second-order valence-electron chi connectivity index (χ2n) is 2.80. The molecule has 11 heavy (non-hydrogen) atoms. The maximum atomic E-state index is 11.0. The van der Waals surface area contributed by atoms with Crippen LogP contribution in [0.5, 0.6) is 5.75 Å². The normalized spacial score (nSPS) is 10.5. The van der Waals surface area contributed by atoms with E-state index >= 15 is 0 Å². The minimum Gasteiger partial charge on any atom is -0.506 e. The summed E-state index contributed by atoms with van der Waals surface area (Å²) in [5, 5.41) is 9.02. The summed E-state index contributed by atoms with van der Waals surface area (Å²) in [5.74, 6) is 0.249. The van der Waals surface area contributed by atoms with Crippen molar-refractivity contribution in [3.05, 3.63) is 28.2 Å². The van der Waals surface area contributed by atoms with Gasteiger partial charge in [-0.15, -0.1) is 0 Å². The molecule has 1 aromatic rings. The summed E-state index contributed by atoms with van der Waals surface area (Å²) >= 11 is 0. The fourth-order valence-electron chi connectivity index (χ4n) is 0.918. The van der Waals surface area contributed by atoms with E-state index in [1.54, 1.807) is 0 Å². The third-order valence-corrected chi connectivity index (χ3v) is 1.54. The summed E-state index contributed by atoms with van der Waals surface area (Å²) in [6.07, 6.45) is 1.29. The molecule has 3 nitrogen and oxygen atoms in total. The van der Waals surface area contributed by atoms with Crippen molar-refractivity contribution in [3.8, 4) is 5.75 Å². The molecule has 0 aliphatic rings. The number of pyridine rings is 1.